The Morgan fingerprint density at radius 1 is 0.966 bits per heavy atom. The van der Waals surface area contributed by atoms with Crippen LogP contribution in [0, 0.1) is 0 Å². The summed E-state index contributed by atoms with van der Waals surface area (Å²) in [5.41, 5.74) is 1.93. The SMILES string of the molecule is Clc1ccc(COC(Cn2ccnc2)c2ccc(Cl)cc2Cl)cc1.c1cc[nH]c1. The van der Waals surface area contributed by atoms with Crippen LogP contribution in [0.2, 0.25) is 15.1 Å². The molecule has 0 saturated heterocycles. The summed E-state index contributed by atoms with van der Waals surface area (Å²) < 4.78 is 8.08. The molecule has 0 amide bonds. The molecular formula is C22H20Cl3N3O. The van der Waals surface area contributed by atoms with Crippen molar-refractivity contribution < 1.29 is 4.74 Å². The maximum Gasteiger partial charge on any atom is 0.102 e. The third kappa shape index (κ3) is 6.94. The molecule has 150 valence electrons. The number of imidazole rings is 1. The summed E-state index contributed by atoms with van der Waals surface area (Å²) in [6.07, 6.45) is 8.91. The number of H-pyrrole nitrogens is 1. The minimum atomic E-state index is -0.223. The highest BCUT2D eigenvalue weighted by Gasteiger charge is 2.17. The fourth-order valence-corrected chi connectivity index (χ4v) is 3.30. The van der Waals surface area contributed by atoms with Gasteiger partial charge < -0.3 is 14.3 Å². The van der Waals surface area contributed by atoms with E-state index in [1.54, 1.807) is 18.6 Å². The Balaban J connectivity index is 0.000000419. The average Bonchev–Trinajstić information content (AvgIpc) is 3.43. The molecule has 29 heavy (non-hydrogen) atoms. The van der Waals surface area contributed by atoms with Crippen LogP contribution < -0.4 is 0 Å². The number of aromatic amines is 1. The van der Waals surface area contributed by atoms with Crippen LogP contribution in [0.25, 0.3) is 0 Å². The van der Waals surface area contributed by atoms with Gasteiger partial charge in [0, 0.05) is 45.4 Å². The number of rotatable bonds is 6. The molecule has 1 unspecified atom stereocenters. The molecule has 2 heterocycles. The third-order valence-electron chi connectivity index (χ3n) is 4.11. The Bertz CT molecular complexity index is 954. The first kappa shape index (κ1) is 21.5. The fraction of sp³-hybridized carbons (Fsp3) is 0.136. The molecule has 1 N–H and O–H groups in total. The molecule has 4 aromatic rings. The molecule has 1 atom stereocenters. The number of halogens is 3. The van der Waals surface area contributed by atoms with E-state index in [1.807, 2.05) is 71.7 Å². The van der Waals surface area contributed by atoms with E-state index in [1.165, 1.54) is 0 Å². The van der Waals surface area contributed by atoms with Gasteiger partial charge in [-0.3, -0.25) is 0 Å². The largest absolute Gasteiger partial charge is 0.368 e. The second-order valence-electron chi connectivity index (χ2n) is 6.24. The minimum Gasteiger partial charge on any atom is -0.368 e. The van der Waals surface area contributed by atoms with Gasteiger partial charge in [-0.05, 0) is 42.0 Å². The molecule has 2 aromatic carbocycles. The number of benzene rings is 2. The van der Waals surface area contributed by atoms with Gasteiger partial charge in [-0.15, -0.1) is 0 Å². The van der Waals surface area contributed by atoms with Crippen LogP contribution in [-0.2, 0) is 17.9 Å². The quantitative estimate of drug-likeness (QED) is 0.352. The van der Waals surface area contributed by atoms with Crippen LogP contribution in [0.15, 0.2) is 85.7 Å². The lowest BCUT2D eigenvalue weighted by molar-refractivity contribution is 0.0280. The molecular weight excluding hydrogens is 429 g/mol. The van der Waals surface area contributed by atoms with Crippen molar-refractivity contribution >= 4 is 34.8 Å². The number of hydrogen-bond acceptors (Lipinski definition) is 2. The van der Waals surface area contributed by atoms with E-state index < -0.39 is 0 Å². The van der Waals surface area contributed by atoms with Crippen molar-refractivity contribution in [1.29, 1.82) is 0 Å². The van der Waals surface area contributed by atoms with Gasteiger partial charge in [0.05, 0.1) is 19.5 Å². The van der Waals surface area contributed by atoms with E-state index in [-0.39, 0.29) is 6.10 Å². The number of nitrogens with one attached hydrogen (secondary N) is 1. The Morgan fingerprint density at radius 3 is 2.28 bits per heavy atom. The van der Waals surface area contributed by atoms with Crippen molar-refractivity contribution in [1.82, 2.24) is 14.5 Å². The summed E-state index contributed by atoms with van der Waals surface area (Å²) in [6.45, 7) is 1.06. The molecule has 4 nitrogen and oxygen atoms in total. The lowest BCUT2D eigenvalue weighted by Gasteiger charge is -2.20. The summed E-state index contributed by atoms with van der Waals surface area (Å²) in [5, 5.41) is 1.89. The highest BCUT2D eigenvalue weighted by Crippen LogP contribution is 2.30. The lowest BCUT2D eigenvalue weighted by atomic mass is 10.1. The highest BCUT2D eigenvalue weighted by molar-refractivity contribution is 6.35. The van der Waals surface area contributed by atoms with E-state index in [9.17, 15) is 0 Å². The predicted molar refractivity (Wildman–Crippen MR) is 118 cm³/mol. The molecule has 0 aliphatic carbocycles. The van der Waals surface area contributed by atoms with Gasteiger partial charge in [0.15, 0.2) is 0 Å². The highest BCUT2D eigenvalue weighted by atomic mass is 35.5. The molecule has 0 aliphatic heterocycles. The van der Waals surface area contributed by atoms with Gasteiger partial charge in [-0.2, -0.15) is 0 Å². The molecule has 4 rings (SSSR count). The maximum absolute atomic E-state index is 6.36. The zero-order valence-corrected chi connectivity index (χ0v) is 17.8. The van der Waals surface area contributed by atoms with Crippen molar-refractivity contribution in [3.8, 4) is 0 Å². The van der Waals surface area contributed by atoms with Crippen LogP contribution in [-0.4, -0.2) is 14.5 Å². The fourth-order valence-electron chi connectivity index (χ4n) is 2.64. The van der Waals surface area contributed by atoms with Gasteiger partial charge in [0.1, 0.15) is 6.10 Å². The van der Waals surface area contributed by atoms with Crippen LogP contribution in [0.4, 0.5) is 0 Å². The van der Waals surface area contributed by atoms with Crippen molar-refractivity contribution in [2.75, 3.05) is 0 Å². The number of ether oxygens (including phenoxy) is 1. The minimum absolute atomic E-state index is 0.223. The van der Waals surface area contributed by atoms with Gasteiger partial charge in [0.2, 0.25) is 0 Å². The number of nitrogens with zero attached hydrogens (tertiary/aromatic N) is 2. The monoisotopic (exact) mass is 447 g/mol. The average molecular weight is 449 g/mol. The van der Waals surface area contributed by atoms with Gasteiger partial charge in [0.25, 0.3) is 0 Å². The topological polar surface area (TPSA) is 42.8 Å². The Labute approximate surface area is 185 Å². The molecule has 0 radical (unpaired) electrons. The first-order chi connectivity index (χ1) is 14.1. The molecule has 0 fully saturated rings. The van der Waals surface area contributed by atoms with Gasteiger partial charge in [-0.1, -0.05) is 53.0 Å². The van der Waals surface area contributed by atoms with Crippen LogP contribution in [0.3, 0.4) is 0 Å². The third-order valence-corrected chi connectivity index (χ3v) is 4.92. The molecule has 0 aliphatic rings. The maximum atomic E-state index is 6.36. The Kier molecular flexibility index (Phi) is 8.20. The first-order valence-electron chi connectivity index (χ1n) is 8.96. The summed E-state index contributed by atoms with van der Waals surface area (Å²) in [7, 11) is 0. The summed E-state index contributed by atoms with van der Waals surface area (Å²) in [6, 6.07) is 16.9. The smallest absolute Gasteiger partial charge is 0.102 e. The molecule has 2 aromatic heterocycles. The van der Waals surface area contributed by atoms with Crippen LogP contribution >= 0.6 is 34.8 Å². The molecule has 0 spiro atoms. The van der Waals surface area contributed by atoms with Crippen molar-refractivity contribution in [2.45, 2.75) is 19.3 Å². The van der Waals surface area contributed by atoms with Gasteiger partial charge in [-0.25, -0.2) is 4.98 Å². The standard InChI is InChI=1S/C18H15Cl3N2O.C4H5N/c19-14-3-1-13(2-4-14)11-24-18(10-23-8-7-22-12-23)16-6-5-15(20)9-17(16)21;1-2-4-5-3-1/h1-9,12,18H,10-11H2;1-5H. The number of aromatic nitrogens is 3. The Hall–Kier alpha value is -2.24. The summed E-state index contributed by atoms with van der Waals surface area (Å²) in [4.78, 5) is 6.93. The van der Waals surface area contributed by atoms with Crippen LogP contribution in [0.5, 0.6) is 0 Å². The van der Waals surface area contributed by atoms with Crippen molar-refractivity contribution in [3.05, 3.63) is 112 Å². The van der Waals surface area contributed by atoms with Crippen molar-refractivity contribution in [2.24, 2.45) is 0 Å². The summed E-state index contributed by atoms with van der Waals surface area (Å²) >= 11 is 18.3. The molecule has 7 heteroatoms. The Morgan fingerprint density at radius 2 is 1.69 bits per heavy atom. The van der Waals surface area contributed by atoms with Crippen LogP contribution in [0.1, 0.15) is 17.2 Å². The van der Waals surface area contributed by atoms with E-state index in [0.29, 0.717) is 28.2 Å². The number of hydrogen-bond donors (Lipinski definition) is 1. The molecule has 0 saturated carbocycles. The molecule has 0 bridgehead atoms. The normalized spacial score (nSPS) is 11.6. The summed E-state index contributed by atoms with van der Waals surface area (Å²) in [5.74, 6) is 0. The van der Waals surface area contributed by atoms with E-state index in [2.05, 4.69) is 9.97 Å². The first-order valence-corrected chi connectivity index (χ1v) is 10.1. The van der Waals surface area contributed by atoms with Crippen molar-refractivity contribution in [3.63, 3.8) is 0 Å². The lowest BCUT2D eigenvalue weighted by Crippen LogP contribution is -2.12. The van der Waals surface area contributed by atoms with E-state index >= 15 is 0 Å². The second kappa shape index (κ2) is 11.1. The second-order valence-corrected chi connectivity index (χ2v) is 7.52. The van der Waals surface area contributed by atoms with E-state index in [0.717, 1.165) is 11.1 Å². The zero-order chi connectivity index (χ0) is 20.5. The predicted octanol–water partition coefficient (Wildman–Crippen LogP) is 6.82. The van der Waals surface area contributed by atoms with E-state index in [4.69, 9.17) is 39.5 Å². The van der Waals surface area contributed by atoms with Gasteiger partial charge >= 0.3 is 0 Å². The zero-order valence-electron chi connectivity index (χ0n) is 15.5.